The zero-order valence-electron chi connectivity index (χ0n) is 15.0. The number of aryl methyl sites for hydroxylation is 1. The van der Waals surface area contributed by atoms with Crippen LogP contribution < -0.4 is 4.90 Å². The highest BCUT2D eigenvalue weighted by molar-refractivity contribution is 8.18. The molecule has 1 aromatic carbocycles. The van der Waals surface area contributed by atoms with Gasteiger partial charge in [-0.25, -0.2) is 0 Å². The fraction of sp³-hybridized carbons (Fsp3) is 0.300. The number of hydrogen-bond acceptors (Lipinski definition) is 4. The van der Waals surface area contributed by atoms with Gasteiger partial charge in [0.25, 0.3) is 5.91 Å². The van der Waals surface area contributed by atoms with E-state index in [2.05, 4.69) is 36.0 Å². The average Bonchev–Trinajstić information content (AvgIpc) is 3.24. The quantitative estimate of drug-likeness (QED) is 0.825. The van der Waals surface area contributed by atoms with E-state index in [1.54, 1.807) is 6.08 Å². The number of thioether (sulfide) groups is 1. The molecular weight excluding hydrogens is 346 g/mol. The number of carbonyl (C=O) groups excluding carboxylic acids is 1. The summed E-state index contributed by atoms with van der Waals surface area (Å²) in [6, 6.07) is 12.0. The van der Waals surface area contributed by atoms with E-state index in [-0.39, 0.29) is 5.91 Å². The molecule has 4 rings (SSSR count). The van der Waals surface area contributed by atoms with Gasteiger partial charge in [-0.2, -0.15) is 4.99 Å². The first kappa shape index (κ1) is 17.1. The average molecular weight is 368 g/mol. The lowest BCUT2D eigenvalue weighted by atomic mass is 10.1. The molecule has 26 heavy (non-hydrogen) atoms. The van der Waals surface area contributed by atoms with Crippen LogP contribution in [0.4, 0.5) is 0 Å². The van der Waals surface area contributed by atoms with Crippen LogP contribution in [0.3, 0.4) is 0 Å². The predicted molar refractivity (Wildman–Crippen MR) is 105 cm³/mol. The summed E-state index contributed by atoms with van der Waals surface area (Å²) in [5, 5.41) is 0.819. The minimum absolute atomic E-state index is 0.176. The summed E-state index contributed by atoms with van der Waals surface area (Å²) < 4.78 is 5.90. The smallest absolute Gasteiger partial charge is 0.286 e. The van der Waals surface area contributed by atoms with Crippen molar-refractivity contribution in [1.29, 1.82) is 0 Å². The zero-order valence-corrected chi connectivity index (χ0v) is 15.8. The highest BCUT2D eigenvalue weighted by Gasteiger charge is 2.29. The van der Waals surface area contributed by atoms with Gasteiger partial charge in [0.1, 0.15) is 11.5 Å². The number of amidine groups is 1. The second kappa shape index (κ2) is 7.13. The molecule has 1 N–H and O–H groups in total. The Labute approximate surface area is 157 Å². The molecule has 0 atom stereocenters. The molecule has 1 fully saturated rings. The standard InChI is InChI=1S/C20H21N3O2S/c1-14-3-5-15(6-4-14)17-8-7-16(25-17)13-18-19(24)21-20(26-18)23-11-9-22(2)10-12-23/h3-8,13H,9-12H2,1-2H3/p+1/b18-13-. The van der Waals surface area contributed by atoms with E-state index in [1.165, 1.54) is 22.2 Å². The molecule has 0 unspecified atom stereocenters. The van der Waals surface area contributed by atoms with E-state index in [4.69, 9.17) is 4.42 Å². The van der Waals surface area contributed by atoms with Gasteiger partial charge in [0.05, 0.1) is 38.1 Å². The number of aliphatic imine (C=N–C) groups is 1. The topological polar surface area (TPSA) is 50.2 Å². The second-order valence-corrected chi connectivity index (χ2v) is 7.83. The van der Waals surface area contributed by atoms with Crippen molar-refractivity contribution in [1.82, 2.24) is 4.90 Å². The Kier molecular flexibility index (Phi) is 4.70. The van der Waals surface area contributed by atoms with Gasteiger partial charge >= 0.3 is 0 Å². The maximum Gasteiger partial charge on any atom is 0.286 e. The Hall–Kier alpha value is -2.31. The van der Waals surface area contributed by atoms with Crippen molar-refractivity contribution in [3.05, 3.63) is 52.6 Å². The lowest BCUT2D eigenvalue weighted by Crippen LogP contribution is -3.12. The maximum atomic E-state index is 12.3. The van der Waals surface area contributed by atoms with E-state index < -0.39 is 0 Å². The monoisotopic (exact) mass is 368 g/mol. The van der Waals surface area contributed by atoms with Crippen LogP contribution in [0.1, 0.15) is 11.3 Å². The van der Waals surface area contributed by atoms with Crippen LogP contribution >= 0.6 is 11.8 Å². The van der Waals surface area contributed by atoms with Crippen molar-refractivity contribution in [2.45, 2.75) is 6.92 Å². The highest BCUT2D eigenvalue weighted by atomic mass is 32.2. The van der Waals surface area contributed by atoms with Gasteiger partial charge in [0.2, 0.25) is 0 Å². The fourth-order valence-electron chi connectivity index (χ4n) is 3.05. The first-order chi connectivity index (χ1) is 12.6. The third kappa shape index (κ3) is 3.61. The van der Waals surface area contributed by atoms with E-state index in [1.807, 2.05) is 24.3 Å². The lowest BCUT2D eigenvalue weighted by Gasteiger charge is -2.30. The van der Waals surface area contributed by atoms with Crippen LogP contribution in [0.25, 0.3) is 17.4 Å². The van der Waals surface area contributed by atoms with Crippen molar-refractivity contribution >= 4 is 28.9 Å². The summed E-state index contributed by atoms with van der Waals surface area (Å²) in [6.45, 7) is 6.09. The van der Waals surface area contributed by atoms with E-state index in [0.29, 0.717) is 10.7 Å². The molecule has 0 aliphatic carbocycles. The van der Waals surface area contributed by atoms with Gasteiger partial charge in [-0.05, 0) is 30.8 Å². The molecule has 1 amide bonds. The minimum Gasteiger partial charge on any atom is -0.457 e. The molecular formula is C20H22N3O2S+. The number of amides is 1. The lowest BCUT2D eigenvalue weighted by molar-refractivity contribution is -0.883. The van der Waals surface area contributed by atoms with Crippen LogP contribution in [0, 0.1) is 6.92 Å². The Bertz CT molecular complexity index is 875. The molecule has 3 heterocycles. The van der Waals surface area contributed by atoms with Crippen molar-refractivity contribution < 1.29 is 14.1 Å². The van der Waals surface area contributed by atoms with Gasteiger partial charge < -0.3 is 14.2 Å². The summed E-state index contributed by atoms with van der Waals surface area (Å²) in [6.07, 6.45) is 1.79. The largest absolute Gasteiger partial charge is 0.457 e. The molecule has 134 valence electrons. The van der Waals surface area contributed by atoms with Gasteiger partial charge in [0, 0.05) is 11.6 Å². The summed E-state index contributed by atoms with van der Waals surface area (Å²) in [5.41, 5.74) is 2.24. The van der Waals surface area contributed by atoms with E-state index in [9.17, 15) is 4.79 Å². The molecule has 0 bridgehead atoms. The Morgan fingerprint density at radius 2 is 1.88 bits per heavy atom. The summed E-state index contributed by atoms with van der Waals surface area (Å²) in [7, 11) is 2.19. The number of benzene rings is 1. The Balaban J connectivity index is 1.48. The molecule has 0 saturated carbocycles. The third-order valence-electron chi connectivity index (χ3n) is 4.73. The normalized spacial score (nSPS) is 20.1. The summed E-state index contributed by atoms with van der Waals surface area (Å²) in [5.74, 6) is 1.30. The number of furan rings is 1. The molecule has 2 aliphatic rings. The number of quaternary nitrogens is 1. The number of piperazine rings is 1. The Morgan fingerprint density at radius 1 is 1.15 bits per heavy atom. The molecule has 5 nitrogen and oxygen atoms in total. The summed E-state index contributed by atoms with van der Waals surface area (Å²) in [4.78, 5) is 20.8. The molecule has 0 radical (unpaired) electrons. The van der Waals surface area contributed by atoms with Crippen molar-refractivity contribution in [2.24, 2.45) is 4.99 Å². The maximum absolute atomic E-state index is 12.3. The van der Waals surface area contributed by atoms with Crippen LogP contribution in [-0.4, -0.2) is 49.2 Å². The molecule has 2 aromatic rings. The zero-order chi connectivity index (χ0) is 18.1. The molecule has 2 aliphatic heterocycles. The third-order valence-corrected chi connectivity index (χ3v) is 5.78. The van der Waals surface area contributed by atoms with Gasteiger partial charge in [-0.15, -0.1) is 0 Å². The first-order valence-electron chi connectivity index (χ1n) is 8.84. The number of hydrogen-bond donors (Lipinski definition) is 1. The fourth-order valence-corrected chi connectivity index (χ4v) is 3.99. The molecule has 1 saturated heterocycles. The van der Waals surface area contributed by atoms with E-state index >= 15 is 0 Å². The molecule has 6 heteroatoms. The predicted octanol–water partition coefficient (Wildman–Crippen LogP) is 2.06. The number of rotatable bonds is 2. The van der Waals surface area contributed by atoms with Crippen molar-refractivity contribution in [2.75, 3.05) is 33.2 Å². The highest BCUT2D eigenvalue weighted by Crippen LogP contribution is 2.31. The van der Waals surface area contributed by atoms with Gasteiger partial charge in [0.15, 0.2) is 5.17 Å². The Morgan fingerprint density at radius 3 is 2.62 bits per heavy atom. The SMILES string of the molecule is Cc1ccc(-c2ccc(/C=C3\SC(N4CC[NH+](C)CC4)=NC3=O)o2)cc1. The van der Waals surface area contributed by atoms with Crippen LogP contribution in [0.2, 0.25) is 0 Å². The van der Waals surface area contributed by atoms with Crippen molar-refractivity contribution in [3.8, 4) is 11.3 Å². The van der Waals surface area contributed by atoms with Crippen LogP contribution in [0.5, 0.6) is 0 Å². The number of nitrogens with one attached hydrogen (secondary N) is 1. The molecule has 1 aromatic heterocycles. The van der Waals surface area contributed by atoms with Crippen molar-refractivity contribution in [3.63, 3.8) is 0 Å². The number of carbonyl (C=O) groups is 1. The van der Waals surface area contributed by atoms with Gasteiger partial charge in [-0.1, -0.05) is 29.8 Å². The van der Waals surface area contributed by atoms with Gasteiger partial charge in [-0.3, -0.25) is 4.79 Å². The van der Waals surface area contributed by atoms with Crippen LogP contribution in [-0.2, 0) is 4.79 Å². The minimum atomic E-state index is -0.176. The van der Waals surface area contributed by atoms with E-state index in [0.717, 1.165) is 42.7 Å². The summed E-state index contributed by atoms with van der Waals surface area (Å²) >= 11 is 1.45. The molecule has 0 spiro atoms. The first-order valence-corrected chi connectivity index (χ1v) is 9.66. The number of likely N-dealkylation sites (N-methyl/N-ethyl adjacent to an activating group) is 1. The second-order valence-electron chi connectivity index (χ2n) is 6.82. The number of nitrogens with zero attached hydrogens (tertiary/aromatic N) is 2. The van der Waals surface area contributed by atoms with Crippen LogP contribution in [0.15, 0.2) is 50.7 Å².